The molecular formula is C23H32IN5O3. The molecule has 0 saturated carbocycles. The highest BCUT2D eigenvalue weighted by Crippen LogP contribution is 2.34. The molecule has 9 heteroatoms. The van der Waals surface area contributed by atoms with E-state index >= 15 is 0 Å². The summed E-state index contributed by atoms with van der Waals surface area (Å²) in [5.74, 6) is 3.77. The molecule has 0 aliphatic heterocycles. The molecule has 0 fully saturated rings. The van der Waals surface area contributed by atoms with Crippen LogP contribution in [0.15, 0.2) is 41.4 Å². The molecule has 2 N–H and O–H groups in total. The van der Waals surface area contributed by atoms with E-state index < -0.39 is 0 Å². The maximum Gasteiger partial charge on any atom is 0.191 e. The molecule has 0 radical (unpaired) electrons. The van der Waals surface area contributed by atoms with Crippen LogP contribution in [0.2, 0.25) is 0 Å². The Kier molecular flexibility index (Phi) is 9.89. The van der Waals surface area contributed by atoms with Crippen molar-refractivity contribution in [1.82, 2.24) is 20.2 Å². The predicted molar refractivity (Wildman–Crippen MR) is 139 cm³/mol. The van der Waals surface area contributed by atoms with Gasteiger partial charge in [0, 0.05) is 38.3 Å². The molecule has 32 heavy (non-hydrogen) atoms. The zero-order valence-corrected chi connectivity index (χ0v) is 21.6. The van der Waals surface area contributed by atoms with Gasteiger partial charge in [-0.25, -0.2) is 4.98 Å². The van der Waals surface area contributed by atoms with Crippen molar-refractivity contribution in [1.29, 1.82) is 0 Å². The summed E-state index contributed by atoms with van der Waals surface area (Å²) in [4.78, 5) is 8.94. The topological polar surface area (TPSA) is 81.9 Å². The van der Waals surface area contributed by atoms with Crippen molar-refractivity contribution in [2.75, 3.05) is 34.9 Å². The predicted octanol–water partition coefficient (Wildman–Crippen LogP) is 3.74. The summed E-state index contributed by atoms with van der Waals surface area (Å²) in [6.45, 7) is 4.26. The van der Waals surface area contributed by atoms with Crippen LogP contribution >= 0.6 is 24.0 Å². The minimum absolute atomic E-state index is 0. The summed E-state index contributed by atoms with van der Waals surface area (Å²) < 4.78 is 18.5. The van der Waals surface area contributed by atoms with E-state index in [9.17, 15) is 0 Å². The Balaban J connectivity index is 0.00000363. The molecule has 2 aromatic carbocycles. The van der Waals surface area contributed by atoms with Gasteiger partial charge in [0.25, 0.3) is 0 Å². The minimum Gasteiger partial charge on any atom is -0.496 e. The maximum atomic E-state index is 5.49. The Morgan fingerprint density at radius 1 is 1.00 bits per heavy atom. The second-order valence-electron chi connectivity index (χ2n) is 7.02. The summed E-state index contributed by atoms with van der Waals surface area (Å²) >= 11 is 0. The number of nitrogens with one attached hydrogen (secondary N) is 2. The molecule has 0 spiro atoms. The largest absolute Gasteiger partial charge is 0.496 e. The number of hydrogen-bond acceptors (Lipinski definition) is 5. The number of nitrogens with zero attached hydrogens (tertiary/aromatic N) is 3. The minimum atomic E-state index is 0. The third-order valence-electron chi connectivity index (χ3n) is 5.15. The van der Waals surface area contributed by atoms with Crippen LogP contribution in [-0.2, 0) is 13.1 Å². The van der Waals surface area contributed by atoms with Crippen LogP contribution in [0, 0.1) is 6.92 Å². The molecule has 3 aromatic rings. The Bertz CT molecular complexity index is 1050. The van der Waals surface area contributed by atoms with Gasteiger partial charge in [0.2, 0.25) is 0 Å². The number of methoxy groups -OCH3 is 3. The van der Waals surface area contributed by atoms with E-state index in [1.807, 2.05) is 37.3 Å². The maximum absolute atomic E-state index is 5.49. The van der Waals surface area contributed by atoms with Crippen molar-refractivity contribution in [3.05, 3.63) is 47.8 Å². The number of ether oxygens (including phenoxy) is 3. The quantitative estimate of drug-likeness (QED) is 0.182. The smallest absolute Gasteiger partial charge is 0.191 e. The fraction of sp³-hybridized carbons (Fsp3) is 0.391. The lowest BCUT2D eigenvalue weighted by molar-refractivity contribution is 0.347. The van der Waals surface area contributed by atoms with Crippen LogP contribution in [0.3, 0.4) is 0 Å². The van der Waals surface area contributed by atoms with Crippen LogP contribution in [0.4, 0.5) is 0 Å². The van der Waals surface area contributed by atoms with Crippen LogP contribution in [0.25, 0.3) is 11.0 Å². The Labute approximate surface area is 206 Å². The standard InChI is InChI=1S/C23H31N5O3.HI/c1-16-27-18-9-6-7-10-19(18)28(16)12-8-11-25-23(24-2)26-15-17-13-21(30-4)22(31-5)14-20(17)29-3;/h6-7,9-10,13-14H,8,11-12,15H2,1-5H3,(H2,24,25,26);1H. The first-order valence-electron chi connectivity index (χ1n) is 10.3. The lowest BCUT2D eigenvalue weighted by atomic mass is 10.1. The molecule has 1 heterocycles. The SMILES string of the molecule is CN=C(NCCCn1c(C)nc2ccccc21)NCc1cc(OC)c(OC)cc1OC.I. The molecule has 0 amide bonds. The number of rotatable bonds is 9. The molecule has 0 saturated heterocycles. The third-order valence-corrected chi connectivity index (χ3v) is 5.15. The van der Waals surface area contributed by atoms with E-state index in [4.69, 9.17) is 14.2 Å². The average molecular weight is 553 g/mol. The molecule has 0 unspecified atom stereocenters. The van der Waals surface area contributed by atoms with Crippen molar-refractivity contribution in [2.24, 2.45) is 4.99 Å². The Hall–Kier alpha value is -2.69. The van der Waals surface area contributed by atoms with E-state index in [0.717, 1.165) is 48.1 Å². The normalized spacial score (nSPS) is 11.1. The zero-order chi connectivity index (χ0) is 22.2. The summed E-state index contributed by atoms with van der Waals surface area (Å²) in [6.07, 6.45) is 0.946. The highest BCUT2D eigenvalue weighted by Gasteiger charge is 2.12. The Morgan fingerprint density at radius 2 is 1.69 bits per heavy atom. The summed E-state index contributed by atoms with van der Waals surface area (Å²) in [5.41, 5.74) is 3.15. The van der Waals surface area contributed by atoms with E-state index in [0.29, 0.717) is 18.0 Å². The first-order chi connectivity index (χ1) is 15.1. The highest BCUT2D eigenvalue weighted by molar-refractivity contribution is 14.0. The number of benzene rings is 2. The molecule has 8 nitrogen and oxygen atoms in total. The fourth-order valence-corrected chi connectivity index (χ4v) is 3.55. The number of aromatic nitrogens is 2. The summed E-state index contributed by atoms with van der Waals surface area (Å²) in [6, 6.07) is 12.0. The van der Waals surface area contributed by atoms with Crippen molar-refractivity contribution in [3.8, 4) is 17.2 Å². The molecule has 3 rings (SSSR count). The van der Waals surface area contributed by atoms with Crippen LogP contribution in [0.1, 0.15) is 17.8 Å². The lowest BCUT2D eigenvalue weighted by Gasteiger charge is -2.16. The van der Waals surface area contributed by atoms with Gasteiger partial charge in [-0.05, 0) is 31.5 Å². The van der Waals surface area contributed by atoms with Gasteiger partial charge in [0.15, 0.2) is 17.5 Å². The van der Waals surface area contributed by atoms with Gasteiger partial charge in [-0.3, -0.25) is 4.99 Å². The van der Waals surface area contributed by atoms with Gasteiger partial charge in [-0.2, -0.15) is 0 Å². The van der Waals surface area contributed by atoms with Crippen LogP contribution in [0.5, 0.6) is 17.2 Å². The molecular weight excluding hydrogens is 521 g/mol. The van der Waals surface area contributed by atoms with Crippen LogP contribution < -0.4 is 24.8 Å². The first kappa shape index (κ1) is 25.6. The summed E-state index contributed by atoms with van der Waals surface area (Å²) in [7, 11) is 6.62. The number of imidazole rings is 1. The van der Waals surface area contributed by atoms with Gasteiger partial charge in [-0.1, -0.05) is 12.1 Å². The molecule has 1 aromatic heterocycles. The van der Waals surface area contributed by atoms with Crippen molar-refractivity contribution >= 4 is 41.0 Å². The fourth-order valence-electron chi connectivity index (χ4n) is 3.55. The number of hydrogen-bond donors (Lipinski definition) is 2. The third kappa shape index (κ3) is 5.96. The van der Waals surface area contributed by atoms with Gasteiger partial charge < -0.3 is 29.4 Å². The molecule has 0 atom stereocenters. The lowest BCUT2D eigenvalue weighted by Crippen LogP contribution is -2.37. The number of aliphatic imine (C=N–C) groups is 1. The first-order valence-corrected chi connectivity index (χ1v) is 10.3. The number of fused-ring (bicyclic) bond motifs is 1. The van der Waals surface area contributed by atoms with E-state index in [1.54, 1.807) is 28.4 Å². The van der Waals surface area contributed by atoms with Gasteiger partial charge in [-0.15, -0.1) is 24.0 Å². The van der Waals surface area contributed by atoms with Gasteiger partial charge >= 0.3 is 0 Å². The summed E-state index contributed by atoms with van der Waals surface area (Å²) in [5, 5.41) is 6.69. The van der Waals surface area contributed by atoms with Crippen molar-refractivity contribution < 1.29 is 14.2 Å². The van der Waals surface area contributed by atoms with E-state index in [-0.39, 0.29) is 24.0 Å². The molecule has 0 bridgehead atoms. The van der Waals surface area contributed by atoms with Crippen molar-refractivity contribution in [2.45, 2.75) is 26.4 Å². The number of aryl methyl sites for hydroxylation is 2. The molecule has 0 aliphatic rings. The number of halogens is 1. The zero-order valence-electron chi connectivity index (χ0n) is 19.3. The Morgan fingerprint density at radius 3 is 2.38 bits per heavy atom. The number of para-hydroxylation sites is 2. The number of guanidine groups is 1. The van der Waals surface area contributed by atoms with E-state index in [2.05, 4.69) is 31.2 Å². The highest BCUT2D eigenvalue weighted by atomic mass is 127. The van der Waals surface area contributed by atoms with Gasteiger partial charge in [0.05, 0.1) is 32.4 Å². The van der Waals surface area contributed by atoms with Crippen molar-refractivity contribution in [3.63, 3.8) is 0 Å². The molecule has 174 valence electrons. The second kappa shape index (κ2) is 12.4. The van der Waals surface area contributed by atoms with Crippen LogP contribution in [-0.4, -0.2) is 50.4 Å². The second-order valence-corrected chi connectivity index (χ2v) is 7.02. The monoisotopic (exact) mass is 553 g/mol. The average Bonchev–Trinajstić information content (AvgIpc) is 3.12. The molecule has 0 aliphatic carbocycles. The van der Waals surface area contributed by atoms with E-state index in [1.165, 1.54) is 5.52 Å². The van der Waals surface area contributed by atoms with Gasteiger partial charge in [0.1, 0.15) is 11.6 Å².